The first-order valence-electron chi connectivity index (χ1n) is 10.1. The summed E-state index contributed by atoms with van der Waals surface area (Å²) >= 11 is 3.08. The van der Waals surface area contributed by atoms with Gasteiger partial charge in [0.25, 0.3) is 5.91 Å². The molecule has 1 N–H and O–H groups in total. The number of benzene rings is 2. The highest BCUT2D eigenvalue weighted by Gasteiger charge is 2.33. The van der Waals surface area contributed by atoms with E-state index in [9.17, 15) is 17.6 Å². The molecular weight excluding hydrogens is 487 g/mol. The predicted molar refractivity (Wildman–Crippen MR) is 121 cm³/mol. The molecule has 1 fully saturated rings. The zero-order valence-corrected chi connectivity index (χ0v) is 19.9. The van der Waals surface area contributed by atoms with Crippen molar-refractivity contribution in [2.75, 3.05) is 32.1 Å². The summed E-state index contributed by atoms with van der Waals surface area (Å²) in [6.07, 6.45) is 1.70. The van der Waals surface area contributed by atoms with Crippen molar-refractivity contribution in [3.63, 3.8) is 0 Å². The molecule has 6 nitrogen and oxygen atoms in total. The van der Waals surface area contributed by atoms with Crippen LogP contribution in [-0.2, 0) is 14.8 Å². The third-order valence-corrected chi connectivity index (χ3v) is 8.12. The first-order chi connectivity index (χ1) is 14.7. The number of ether oxygens (including phenoxy) is 1. The van der Waals surface area contributed by atoms with E-state index in [1.165, 1.54) is 34.6 Å². The van der Waals surface area contributed by atoms with E-state index in [4.69, 9.17) is 4.74 Å². The number of rotatable bonds is 7. The van der Waals surface area contributed by atoms with Gasteiger partial charge in [0.1, 0.15) is 5.82 Å². The molecule has 0 saturated carbocycles. The molecule has 1 amide bonds. The molecule has 0 spiro atoms. The van der Waals surface area contributed by atoms with Gasteiger partial charge in [-0.25, -0.2) is 12.8 Å². The molecule has 1 aliphatic heterocycles. The molecule has 2 aromatic carbocycles. The van der Waals surface area contributed by atoms with Gasteiger partial charge in [0.15, 0.2) is 0 Å². The maximum Gasteiger partial charge on any atom is 0.255 e. The highest BCUT2D eigenvalue weighted by Crippen LogP contribution is 2.30. The van der Waals surface area contributed by atoms with Crippen molar-refractivity contribution in [2.24, 2.45) is 11.8 Å². The number of hydrogen-bond acceptors (Lipinski definition) is 4. The highest BCUT2D eigenvalue weighted by molar-refractivity contribution is 9.10. The molecule has 2 unspecified atom stereocenters. The summed E-state index contributed by atoms with van der Waals surface area (Å²) in [5.74, 6) is -0.255. The van der Waals surface area contributed by atoms with Crippen molar-refractivity contribution in [3.05, 3.63) is 58.3 Å². The molecular formula is C22H26BrFN2O4S. The second kappa shape index (κ2) is 10.2. The first kappa shape index (κ1) is 23.8. The second-order valence-corrected chi connectivity index (χ2v) is 10.6. The third kappa shape index (κ3) is 5.71. The number of carbonyl (C=O) groups is 1. The Morgan fingerprint density at radius 1 is 1.29 bits per heavy atom. The van der Waals surface area contributed by atoms with Gasteiger partial charge in [-0.15, -0.1) is 0 Å². The van der Waals surface area contributed by atoms with Gasteiger partial charge >= 0.3 is 0 Å². The Labute approximate surface area is 191 Å². The SMILES string of the molecule is COCCC1CCN(S(=O)(=O)c2cccc(C(=O)Nc3ccc(F)c(Br)c3)c2)CC1C. The lowest BCUT2D eigenvalue weighted by molar-refractivity contribution is 0.102. The molecule has 1 saturated heterocycles. The van der Waals surface area contributed by atoms with Gasteiger partial charge in [0.2, 0.25) is 10.0 Å². The molecule has 0 aliphatic carbocycles. The number of carbonyl (C=O) groups excluding carboxylic acids is 1. The van der Waals surface area contributed by atoms with Crippen molar-refractivity contribution in [1.29, 1.82) is 0 Å². The summed E-state index contributed by atoms with van der Waals surface area (Å²) in [4.78, 5) is 12.7. The van der Waals surface area contributed by atoms with E-state index >= 15 is 0 Å². The van der Waals surface area contributed by atoms with Crippen LogP contribution in [0.2, 0.25) is 0 Å². The maximum absolute atomic E-state index is 13.4. The Bertz CT molecular complexity index is 1050. The number of piperidine rings is 1. The van der Waals surface area contributed by atoms with Gasteiger partial charge in [0, 0.05) is 38.1 Å². The van der Waals surface area contributed by atoms with Gasteiger partial charge in [0.05, 0.1) is 9.37 Å². The molecule has 0 aromatic heterocycles. The van der Waals surface area contributed by atoms with Crippen molar-refractivity contribution in [1.82, 2.24) is 4.31 Å². The molecule has 1 aliphatic rings. The number of amides is 1. The minimum absolute atomic E-state index is 0.0861. The molecule has 0 bridgehead atoms. The van der Waals surface area contributed by atoms with Crippen LogP contribution >= 0.6 is 15.9 Å². The van der Waals surface area contributed by atoms with Gasteiger partial charge in [-0.3, -0.25) is 4.79 Å². The van der Waals surface area contributed by atoms with E-state index in [1.807, 2.05) is 0 Å². The lowest BCUT2D eigenvalue weighted by atomic mass is 9.86. The van der Waals surface area contributed by atoms with Crippen LogP contribution in [0, 0.1) is 17.7 Å². The number of nitrogens with zero attached hydrogens (tertiary/aromatic N) is 1. The topological polar surface area (TPSA) is 75.7 Å². The van der Waals surface area contributed by atoms with Crippen molar-refractivity contribution >= 4 is 37.5 Å². The van der Waals surface area contributed by atoms with Crippen LogP contribution < -0.4 is 5.32 Å². The lowest BCUT2D eigenvalue weighted by Crippen LogP contribution is -2.43. The average Bonchev–Trinajstić information content (AvgIpc) is 2.75. The predicted octanol–water partition coefficient (Wildman–Crippen LogP) is 4.52. The molecule has 2 atom stereocenters. The van der Waals surface area contributed by atoms with E-state index in [-0.39, 0.29) is 20.8 Å². The van der Waals surface area contributed by atoms with Crippen molar-refractivity contribution in [3.8, 4) is 0 Å². The maximum atomic E-state index is 13.4. The quantitative estimate of drug-likeness (QED) is 0.591. The summed E-state index contributed by atoms with van der Waals surface area (Å²) in [6, 6.07) is 10.1. The van der Waals surface area contributed by atoms with E-state index < -0.39 is 21.7 Å². The minimum atomic E-state index is -3.72. The molecule has 3 rings (SSSR count). The number of halogens is 2. The van der Waals surface area contributed by atoms with Gasteiger partial charge in [-0.2, -0.15) is 4.31 Å². The number of methoxy groups -OCH3 is 1. The van der Waals surface area contributed by atoms with Crippen molar-refractivity contribution < 1.29 is 22.3 Å². The van der Waals surface area contributed by atoms with Crippen LogP contribution in [0.3, 0.4) is 0 Å². The highest BCUT2D eigenvalue weighted by atomic mass is 79.9. The minimum Gasteiger partial charge on any atom is -0.385 e. The lowest BCUT2D eigenvalue weighted by Gasteiger charge is -2.36. The molecule has 0 radical (unpaired) electrons. The zero-order chi connectivity index (χ0) is 22.6. The smallest absolute Gasteiger partial charge is 0.255 e. The Hall–Kier alpha value is -1.81. The van der Waals surface area contributed by atoms with Crippen LogP contribution in [0.15, 0.2) is 51.8 Å². The molecule has 168 valence electrons. The van der Waals surface area contributed by atoms with Crippen LogP contribution in [0.4, 0.5) is 10.1 Å². The Morgan fingerprint density at radius 2 is 2.06 bits per heavy atom. The Kier molecular flexibility index (Phi) is 7.85. The van der Waals surface area contributed by atoms with Gasteiger partial charge < -0.3 is 10.1 Å². The van der Waals surface area contributed by atoms with E-state index in [0.717, 1.165) is 12.8 Å². The molecule has 2 aromatic rings. The summed E-state index contributed by atoms with van der Waals surface area (Å²) in [6.45, 7) is 3.62. The van der Waals surface area contributed by atoms with E-state index in [0.29, 0.717) is 31.3 Å². The number of hydrogen-bond donors (Lipinski definition) is 1. The fourth-order valence-corrected chi connectivity index (χ4v) is 5.78. The number of anilines is 1. The summed E-state index contributed by atoms with van der Waals surface area (Å²) in [5, 5.41) is 2.66. The van der Waals surface area contributed by atoms with Crippen LogP contribution in [-0.4, -0.2) is 45.4 Å². The molecule has 31 heavy (non-hydrogen) atoms. The molecule has 1 heterocycles. The second-order valence-electron chi connectivity index (χ2n) is 7.78. The summed E-state index contributed by atoms with van der Waals surface area (Å²) in [5.41, 5.74) is 0.614. The fourth-order valence-electron chi connectivity index (χ4n) is 3.80. The Balaban J connectivity index is 1.74. The largest absolute Gasteiger partial charge is 0.385 e. The summed E-state index contributed by atoms with van der Waals surface area (Å²) in [7, 11) is -2.05. The molecule has 9 heteroatoms. The zero-order valence-electron chi connectivity index (χ0n) is 17.5. The standard InChI is InChI=1S/C22H26BrFN2O4S/c1-15-14-26(10-8-16(15)9-11-30-2)31(28,29)19-5-3-4-17(12-19)22(27)25-18-6-7-21(24)20(23)13-18/h3-7,12-13,15-16H,8-11,14H2,1-2H3,(H,25,27). The first-order valence-corrected chi connectivity index (χ1v) is 12.3. The van der Waals surface area contributed by atoms with Crippen LogP contribution in [0.1, 0.15) is 30.1 Å². The summed E-state index contributed by atoms with van der Waals surface area (Å²) < 4.78 is 46.7. The van der Waals surface area contributed by atoms with Crippen LogP contribution in [0.25, 0.3) is 0 Å². The van der Waals surface area contributed by atoms with Gasteiger partial charge in [-0.05, 0) is 77.0 Å². The van der Waals surface area contributed by atoms with Gasteiger partial charge in [-0.1, -0.05) is 13.0 Å². The van der Waals surface area contributed by atoms with Crippen LogP contribution in [0.5, 0.6) is 0 Å². The van der Waals surface area contributed by atoms with E-state index in [2.05, 4.69) is 28.2 Å². The number of nitrogens with one attached hydrogen (secondary N) is 1. The normalized spacial score (nSPS) is 19.9. The third-order valence-electron chi connectivity index (χ3n) is 5.65. The average molecular weight is 513 g/mol. The van der Waals surface area contributed by atoms with E-state index in [1.54, 1.807) is 19.2 Å². The fraction of sp³-hybridized carbons (Fsp3) is 0.409. The van der Waals surface area contributed by atoms with Crippen molar-refractivity contribution in [2.45, 2.75) is 24.7 Å². The monoisotopic (exact) mass is 512 g/mol. The number of sulfonamides is 1. The Morgan fingerprint density at radius 3 is 2.74 bits per heavy atom.